The number of nitrogens with zero attached hydrogens (tertiary/aromatic N) is 1. The van der Waals surface area contributed by atoms with Crippen molar-refractivity contribution in [1.29, 1.82) is 0 Å². The van der Waals surface area contributed by atoms with Crippen molar-refractivity contribution >= 4 is 11.6 Å². The van der Waals surface area contributed by atoms with Crippen molar-refractivity contribution in [1.82, 2.24) is 10.3 Å². The zero-order valence-electron chi connectivity index (χ0n) is 13.4. The molecule has 5 heteroatoms. The molecule has 1 unspecified atom stereocenters. The van der Waals surface area contributed by atoms with Gasteiger partial charge in [-0.15, -0.1) is 0 Å². The first-order valence-corrected chi connectivity index (χ1v) is 8.26. The van der Waals surface area contributed by atoms with Crippen molar-refractivity contribution in [2.45, 2.75) is 45.1 Å². The number of carbonyl (C=O) groups excluding carboxylic acids is 1. The number of aromatic nitrogens is 1. The minimum absolute atomic E-state index is 0.157. The van der Waals surface area contributed by atoms with Crippen molar-refractivity contribution in [3.05, 3.63) is 36.2 Å². The van der Waals surface area contributed by atoms with Crippen LogP contribution in [0.25, 0.3) is 11.5 Å². The highest BCUT2D eigenvalue weighted by Crippen LogP contribution is 2.27. The van der Waals surface area contributed by atoms with Crippen LogP contribution < -0.4 is 11.1 Å². The zero-order chi connectivity index (χ0) is 16.2. The number of rotatable bonds is 4. The van der Waals surface area contributed by atoms with Crippen LogP contribution in [0.4, 0.5) is 5.69 Å². The van der Waals surface area contributed by atoms with E-state index in [2.05, 4.69) is 17.2 Å². The molecule has 2 aromatic rings. The monoisotopic (exact) mass is 313 g/mol. The number of nitrogens with one attached hydrogen (secondary N) is 1. The van der Waals surface area contributed by atoms with Crippen LogP contribution in [0.15, 0.2) is 34.9 Å². The molecular weight excluding hydrogens is 290 g/mol. The van der Waals surface area contributed by atoms with Crippen LogP contribution in [0.1, 0.15) is 49.5 Å². The highest BCUT2D eigenvalue weighted by Gasteiger charge is 2.23. The van der Waals surface area contributed by atoms with Crippen molar-refractivity contribution in [3.8, 4) is 11.5 Å². The predicted molar refractivity (Wildman–Crippen MR) is 89.9 cm³/mol. The van der Waals surface area contributed by atoms with E-state index in [1.165, 1.54) is 38.4 Å². The second kappa shape index (κ2) is 6.86. The van der Waals surface area contributed by atoms with Gasteiger partial charge in [0.1, 0.15) is 6.26 Å². The summed E-state index contributed by atoms with van der Waals surface area (Å²) in [6, 6.07) is 7.48. The van der Waals surface area contributed by atoms with E-state index in [1.54, 1.807) is 6.07 Å². The fraction of sp³-hybridized carbons (Fsp3) is 0.444. The maximum atomic E-state index is 12.4. The Hall–Kier alpha value is -2.30. The maximum absolute atomic E-state index is 12.4. The molecule has 3 rings (SSSR count). The van der Waals surface area contributed by atoms with Crippen LogP contribution >= 0.6 is 0 Å². The van der Waals surface area contributed by atoms with Crippen molar-refractivity contribution in [2.75, 3.05) is 5.73 Å². The molecule has 1 amide bonds. The lowest BCUT2D eigenvalue weighted by Crippen LogP contribution is -2.39. The molecule has 122 valence electrons. The quantitative estimate of drug-likeness (QED) is 0.845. The van der Waals surface area contributed by atoms with Crippen LogP contribution in [0, 0.1) is 5.92 Å². The van der Waals surface area contributed by atoms with Gasteiger partial charge in [0, 0.05) is 11.7 Å². The molecule has 0 bridgehead atoms. The summed E-state index contributed by atoms with van der Waals surface area (Å²) in [5.74, 6) is 0.745. The molecule has 1 saturated carbocycles. The summed E-state index contributed by atoms with van der Waals surface area (Å²) in [5, 5.41) is 3.05. The first kappa shape index (κ1) is 15.6. The topological polar surface area (TPSA) is 81.2 Å². The Morgan fingerprint density at radius 2 is 2.04 bits per heavy atom. The lowest BCUT2D eigenvalue weighted by atomic mass is 9.84. The zero-order valence-corrected chi connectivity index (χ0v) is 13.4. The smallest absolute Gasteiger partial charge is 0.273 e. The van der Waals surface area contributed by atoms with Gasteiger partial charge in [-0.2, -0.15) is 0 Å². The Morgan fingerprint density at radius 3 is 2.78 bits per heavy atom. The molecule has 1 aliphatic rings. The largest absolute Gasteiger partial charge is 0.444 e. The standard InChI is InChI=1S/C18H23N3O2/c1-12(13-7-3-2-4-8-13)20-17(22)16-11-23-18(21-16)14-9-5-6-10-15(14)19/h5-6,9-13H,2-4,7-8,19H2,1H3,(H,20,22). The lowest BCUT2D eigenvalue weighted by molar-refractivity contribution is 0.0914. The van der Waals surface area contributed by atoms with E-state index < -0.39 is 0 Å². The van der Waals surface area contributed by atoms with Gasteiger partial charge in [0.25, 0.3) is 5.91 Å². The third-order valence-electron chi connectivity index (χ3n) is 4.64. The fourth-order valence-corrected chi connectivity index (χ4v) is 3.23. The molecular formula is C18H23N3O2. The Morgan fingerprint density at radius 1 is 1.30 bits per heavy atom. The van der Waals surface area contributed by atoms with Crippen LogP contribution in [0.5, 0.6) is 0 Å². The molecule has 1 atom stereocenters. The molecule has 23 heavy (non-hydrogen) atoms. The molecule has 1 fully saturated rings. The third-order valence-corrected chi connectivity index (χ3v) is 4.64. The fourth-order valence-electron chi connectivity index (χ4n) is 3.23. The number of amides is 1. The summed E-state index contributed by atoms with van der Waals surface area (Å²) in [7, 11) is 0. The van der Waals surface area contributed by atoms with E-state index in [1.807, 2.05) is 18.2 Å². The molecule has 1 heterocycles. The SMILES string of the molecule is CC(NC(=O)c1coc(-c2ccccc2N)n1)C1CCCCC1. The Kier molecular flexibility index (Phi) is 4.65. The minimum atomic E-state index is -0.187. The summed E-state index contributed by atoms with van der Waals surface area (Å²) in [4.78, 5) is 16.6. The lowest BCUT2D eigenvalue weighted by Gasteiger charge is -2.27. The molecule has 0 radical (unpaired) electrons. The number of nitrogens with two attached hydrogens (primary N) is 1. The maximum Gasteiger partial charge on any atom is 0.273 e. The first-order valence-electron chi connectivity index (χ1n) is 8.26. The Balaban J connectivity index is 1.68. The average Bonchev–Trinajstić information content (AvgIpc) is 3.06. The van der Waals surface area contributed by atoms with Gasteiger partial charge in [0.2, 0.25) is 5.89 Å². The van der Waals surface area contributed by atoms with Crippen LogP contribution in [-0.4, -0.2) is 16.9 Å². The number of para-hydroxylation sites is 1. The normalized spacial score (nSPS) is 16.9. The van der Waals surface area contributed by atoms with E-state index >= 15 is 0 Å². The number of hydrogen-bond acceptors (Lipinski definition) is 4. The van der Waals surface area contributed by atoms with E-state index in [0.29, 0.717) is 28.8 Å². The van der Waals surface area contributed by atoms with Crippen LogP contribution in [-0.2, 0) is 0 Å². The second-order valence-electron chi connectivity index (χ2n) is 6.29. The highest BCUT2D eigenvalue weighted by molar-refractivity contribution is 5.92. The molecule has 3 N–H and O–H groups in total. The van der Waals surface area contributed by atoms with Gasteiger partial charge in [-0.05, 0) is 37.8 Å². The number of hydrogen-bond donors (Lipinski definition) is 2. The van der Waals surface area contributed by atoms with Gasteiger partial charge in [-0.1, -0.05) is 31.4 Å². The van der Waals surface area contributed by atoms with Crippen molar-refractivity contribution in [3.63, 3.8) is 0 Å². The van der Waals surface area contributed by atoms with Gasteiger partial charge in [0.05, 0.1) is 5.56 Å². The molecule has 0 spiro atoms. The number of carbonyl (C=O) groups is 1. The third kappa shape index (κ3) is 3.55. The van der Waals surface area contributed by atoms with E-state index in [-0.39, 0.29) is 11.9 Å². The Labute approximate surface area is 136 Å². The Bertz CT molecular complexity index is 674. The molecule has 1 aromatic heterocycles. The number of anilines is 1. The van der Waals surface area contributed by atoms with E-state index in [0.717, 1.165) is 0 Å². The number of oxazole rings is 1. The molecule has 0 aliphatic heterocycles. The molecule has 1 aromatic carbocycles. The van der Waals surface area contributed by atoms with Gasteiger partial charge < -0.3 is 15.5 Å². The minimum Gasteiger partial charge on any atom is -0.444 e. The summed E-state index contributed by atoms with van der Waals surface area (Å²) >= 11 is 0. The molecule has 5 nitrogen and oxygen atoms in total. The van der Waals surface area contributed by atoms with Gasteiger partial charge in [-0.25, -0.2) is 4.98 Å². The van der Waals surface area contributed by atoms with E-state index in [4.69, 9.17) is 10.2 Å². The van der Waals surface area contributed by atoms with Crippen molar-refractivity contribution < 1.29 is 9.21 Å². The van der Waals surface area contributed by atoms with Gasteiger partial charge in [0.15, 0.2) is 5.69 Å². The van der Waals surface area contributed by atoms with Gasteiger partial charge in [-0.3, -0.25) is 4.79 Å². The first-order chi connectivity index (χ1) is 11.1. The molecule has 1 aliphatic carbocycles. The van der Waals surface area contributed by atoms with Gasteiger partial charge >= 0.3 is 0 Å². The van der Waals surface area contributed by atoms with Crippen molar-refractivity contribution in [2.24, 2.45) is 5.92 Å². The summed E-state index contributed by atoms with van der Waals surface area (Å²) in [5.41, 5.74) is 7.49. The summed E-state index contributed by atoms with van der Waals surface area (Å²) < 4.78 is 5.43. The highest BCUT2D eigenvalue weighted by atomic mass is 16.3. The second-order valence-corrected chi connectivity index (χ2v) is 6.29. The summed E-state index contributed by atoms with van der Waals surface area (Å²) in [6.45, 7) is 2.07. The molecule has 0 saturated heterocycles. The summed E-state index contributed by atoms with van der Waals surface area (Å²) in [6.07, 6.45) is 7.59. The van der Waals surface area contributed by atoms with Crippen LogP contribution in [0.2, 0.25) is 0 Å². The average molecular weight is 313 g/mol. The number of nitrogen functional groups attached to an aromatic ring is 1. The van der Waals surface area contributed by atoms with E-state index in [9.17, 15) is 4.79 Å². The number of benzene rings is 1. The predicted octanol–water partition coefficient (Wildman–Crippen LogP) is 3.62. The van der Waals surface area contributed by atoms with Crippen LogP contribution in [0.3, 0.4) is 0 Å².